The Morgan fingerprint density at radius 3 is 2.27 bits per heavy atom. The van der Waals surface area contributed by atoms with Crippen molar-refractivity contribution in [2.24, 2.45) is 7.05 Å². The van der Waals surface area contributed by atoms with Crippen molar-refractivity contribution in [3.05, 3.63) is 35.7 Å². The van der Waals surface area contributed by atoms with Crippen molar-refractivity contribution in [1.29, 1.82) is 0 Å². The fourth-order valence-corrected chi connectivity index (χ4v) is 1.28. The van der Waals surface area contributed by atoms with Crippen molar-refractivity contribution in [1.82, 2.24) is 14.8 Å². The van der Waals surface area contributed by atoms with Crippen molar-refractivity contribution in [2.75, 3.05) is 0 Å². The van der Waals surface area contributed by atoms with Crippen molar-refractivity contribution >= 4 is 0 Å². The lowest BCUT2D eigenvalue weighted by Crippen LogP contribution is -1.94. The van der Waals surface area contributed by atoms with Gasteiger partial charge in [0.15, 0.2) is 5.82 Å². The summed E-state index contributed by atoms with van der Waals surface area (Å²) < 4.78 is 28.2. The standard InChI is InChI=1S/C10H9F2N3/c1-6-13-10(14-15(6)2)9-7(11)4-3-5-8(9)12/h3-5H,1-2H3. The van der Waals surface area contributed by atoms with Crippen molar-refractivity contribution in [3.8, 4) is 11.4 Å². The van der Waals surface area contributed by atoms with Crippen LogP contribution in [0.2, 0.25) is 0 Å². The normalized spacial score (nSPS) is 10.7. The van der Waals surface area contributed by atoms with Crippen LogP contribution in [0.25, 0.3) is 11.4 Å². The second kappa shape index (κ2) is 3.42. The van der Waals surface area contributed by atoms with E-state index >= 15 is 0 Å². The maximum Gasteiger partial charge on any atom is 0.187 e. The largest absolute Gasteiger partial charge is 0.253 e. The van der Waals surface area contributed by atoms with Crippen molar-refractivity contribution in [2.45, 2.75) is 6.92 Å². The number of hydrogen-bond donors (Lipinski definition) is 0. The highest BCUT2D eigenvalue weighted by atomic mass is 19.1. The van der Waals surface area contributed by atoms with Gasteiger partial charge in [-0.1, -0.05) is 6.07 Å². The molecule has 1 aromatic carbocycles. The summed E-state index contributed by atoms with van der Waals surface area (Å²) in [6.45, 7) is 1.72. The Kier molecular flexibility index (Phi) is 2.22. The summed E-state index contributed by atoms with van der Waals surface area (Å²) in [7, 11) is 1.67. The van der Waals surface area contributed by atoms with Crippen LogP contribution in [0.4, 0.5) is 8.78 Å². The first-order valence-corrected chi connectivity index (χ1v) is 4.41. The summed E-state index contributed by atoms with van der Waals surface area (Å²) in [5, 5.41) is 3.93. The predicted molar refractivity (Wildman–Crippen MR) is 51.1 cm³/mol. The van der Waals surface area contributed by atoms with Gasteiger partial charge in [-0.3, -0.25) is 4.68 Å². The molecule has 0 amide bonds. The summed E-state index contributed by atoms with van der Waals surface area (Å²) in [5.74, 6) is -0.626. The summed E-state index contributed by atoms with van der Waals surface area (Å²) in [6, 6.07) is 3.68. The molecule has 15 heavy (non-hydrogen) atoms. The van der Waals surface area contributed by atoms with Crippen molar-refractivity contribution in [3.63, 3.8) is 0 Å². The van der Waals surface area contributed by atoms with Crippen LogP contribution in [0.15, 0.2) is 18.2 Å². The molecule has 5 heteroatoms. The minimum absolute atomic E-state index is 0.0746. The Morgan fingerprint density at radius 2 is 1.80 bits per heavy atom. The van der Waals surface area contributed by atoms with E-state index in [1.54, 1.807) is 14.0 Å². The molecule has 2 rings (SSSR count). The third-order valence-corrected chi connectivity index (χ3v) is 2.17. The van der Waals surface area contributed by atoms with Crippen LogP contribution in [0.3, 0.4) is 0 Å². The van der Waals surface area contributed by atoms with Crippen LogP contribution < -0.4 is 0 Å². The minimum atomic E-state index is -0.652. The molecule has 0 saturated carbocycles. The quantitative estimate of drug-likeness (QED) is 0.719. The summed E-state index contributed by atoms with van der Waals surface area (Å²) in [6.07, 6.45) is 0. The fraction of sp³-hybridized carbons (Fsp3) is 0.200. The Morgan fingerprint density at radius 1 is 1.20 bits per heavy atom. The molecular weight excluding hydrogens is 200 g/mol. The van der Waals surface area contributed by atoms with Gasteiger partial charge in [0.25, 0.3) is 0 Å². The van der Waals surface area contributed by atoms with Gasteiger partial charge in [-0.25, -0.2) is 13.8 Å². The number of benzene rings is 1. The van der Waals surface area contributed by atoms with E-state index in [0.717, 1.165) is 0 Å². The molecular formula is C10H9F2N3. The molecule has 0 aliphatic carbocycles. The summed E-state index contributed by atoms with van der Waals surface area (Å²) in [4.78, 5) is 3.97. The molecule has 0 unspecified atom stereocenters. The highest BCUT2D eigenvalue weighted by molar-refractivity contribution is 5.56. The maximum atomic E-state index is 13.3. The lowest BCUT2D eigenvalue weighted by Gasteiger charge is -1.98. The zero-order valence-electron chi connectivity index (χ0n) is 8.33. The van der Waals surface area contributed by atoms with Crippen molar-refractivity contribution < 1.29 is 8.78 Å². The maximum absolute atomic E-state index is 13.3. The molecule has 0 N–H and O–H groups in total. The van der Waals surface area contributed by atoms with Gasteiger partial charge >= 0.3 is 0 Å². The van der Waals surface area contributed by atoms with Gasteiger partial charge in [0.1, 0.15) is 17.5 Å². The van der Waals surface area contributed by atoms with Crippen LogP contribution in [0.5, 0.6) is 0 Å². The average molecular weight is 209 g/mol. The summed E-state index contributed by atoms with van der Waals surface area (Å²) in [5.41, 5.74) is -0.179. The number of aryl methyl sites for hydroxylation is 2. The van der Waals surface area contributed by atoms with Gasteiger partial charge in [-0.15, -0.1) is 0 Å². The molecule has 0 spiro atoms. The number of rotatable bonds is 1. The van der Waals surface area contributed by atoms with Crippen LogP contribution in [0.1, 0.15) is 5.82 Å². The first-order valence-electron chi connectivity index (χ1n) is 4.41. The fourth-order valence-electron chi connectivity index (χ4n) is 1.28. The Hall–Kier alpha value is -1.78. The highest BCUT2D eigenvalue weighted by Gasteiger charge is 2.15. The molecule has 0 aliphatic rings. The Labute approximate surface area is 85.4 Å². The van der Waals surface area contributed by atoms with Gasteiger partial charge in [0.2, 0.25) is 0 Å². The van der Waals surface area contributed by atoms with E-state index in [-0.39, 0.29) is 11.4 Å². The second-order valence-electron chi connectivity index (χ2n) is 3.20. The number of hydrogen-bond acceptors (Lipinski definition) is 2. The molecule has 0 aliphatic heterocycles. The minimum Gasteiger partial charge on any atom is -0.253 e. The van der Waals surface area contributed by atoms with E-state index in [2.05, 4.69) is 10.1 Å². The Balaban J connectivity index is 2.63. The van der Waals surface area contributed by atoms with Gasteiger partial charge in [-0.05, 0) is 19.1 Å². The van der Waals surface area contributed by atoms with E-state index in [4.69, 9.17) is 0 Å². The summed E-state index contributed by atoms with van der Waals surface area (Å²) >= 11 is 0. The van der Waals surface area contributed by atoms with E-state index in [1.807, 2.05) is 0 Å². The topological polar surface area (TPSA) is 30.7 Å². The van der Waals surface area contributed by atoms with Gasteiger partial charge in [-0.2, -0.15) is 5.10 Å². The van der Waals surface area contributed by atoms with Crippen LogP contribution in [0, 0.1) is 18.6 Å². The Bertz CT molecular complexity index is 466. The van der Waals surface area contributed by atoms with Crippen LogP contribution >= 0.6 is 0 Å². The molecule has 0 atom stereocenters. The molecule has 0 bridgehead atoms. The molecule has 1 heterocycles. The van der Waals surface area contributed by atoms with E-state index < -0.39 is 11.6 Å². The smallest absolute Gasteiger partial charge is 0.187 e. The molecule has 0 fully saturated rings. The lowest BCUT2D eigenvalue weighted by atomic mass is 10.2. The van der Waals surface area contributed by atoms with E-state index in [9.17, 15) is 8.78 Å². The SMILES string of the molecule is Cc1nc(-c2c(F)cccc2F)nn1C. The molecule has 0 saturated heterocycles. The zero-order chi connectivity index (χ0) is 11.0. The van der Waals surface area contributed by atoms with Gasteiger partial charge in [0.05, 0.1) is 5.56 Å². The zero-order valence-corrected chi connectivity index (χ0v) is 8.33. The highest BCUT2D eigenvalue weighted by Crippen LogP contribution is 2.22. The first kappa shape index (κ1) is 9.76. The molecule has 0 radical (unpaired) electrons. The van der Waals surface area contributed by atoms with Crippen LogP contribution in [-0.2, 0) is 7.05 Å². The predicted octanol–water partition coefficient (Wildman–Crippen LogP) is 2.07. The first-order chi connectivity index (χ1) is 7.09. The number of aromatic nitrogens is 3. The molecule has 2 aromatic rings. The number of halogens is 2. The van der Waals surface area contributed by atoms with Crippen LogP contribution in [-0.4, -0.2) is 14.8 Å². The third kappa shape index (κ3) is 1.60. The van der Waals surface area contributed by atoms with E-state index in [0.29, 0.717) is 5.82 Å². The van der Waals surface area contributed by atoms with Gasteiger partial charge < -0.3 is 0 Å². The monoisotopic (exact) mass is 209 g/mol. The molecule has 1 aromatic heterocycles. The lowest BCUT2D eigenvalue weighted by molar-refractivity contribution is 0.587. The number of nitrogens with zero attached hydrogens (tertiary/aromatic N) is 3. The van der Waals surface area contributed by atoms with E-state index in [1.165, 1.54) is 22.9 Å². The van der Waals surface area contributed by atoms with Gasteiger partial charge in [0, 0.05) is 7.05 Å². The average Bonchev–Trinajstić information content (AvgIpc) is 2.46. The molecule has 3 nitrogen and oxygen atoms in total. The third-order valence-electron chi connectivity index (χ3n) is 2.17. The molecule has 78 valence electrons. The second-order valence-corrected chi connectivity index (χ2v) is 3.20.